The van der Waals surface area contributed by atoms with E-state index in [4.69, 9.17) is 5.73 Å². The van der Waals surface area contributed by atoms with Gasteiger partial charge in [0, 0.05) is 11.3 Å². The number of halogens is 1. The molecule has 106 valence electrons. The molecule has 0 atom stereocenters. The Kier molecular flexibility index (Phi) is 3.35. The van der Waals surface area contributed by atoms with E-state index in [9.17, 15) is 4.39 Å². The van der Waals surface area contributed by atoms with Crippen LogP contribution in [0, 0.1) is 12.7 Å². The van der Waals surface area contributed by atoms with E-state index >= 15 is 0 Å². The number of anilines is 1. The summed E-state index contributed by atoms with van der Waals surface area (Å²) in [5, 5.41) is 11.6. The highest BCUT2D eigenvalue weighted by molar-refractivity contribution is 5.71. The van der Waals surface area contributed by atoms with Gasteiger partial charge >= 0.3 is 0 Å². The van der Waals surface area contributed by atoms with Crippen LogP contribution < -0.4 is 5.73 Å². The lowest BCUT2D eigenvalue weighted by Gasteiger charge is -2.07. The van der Waals surface area contributed by atoms with Gasteiger partial charge in [-0.3, -0.25) is 0 Å². The minimum atomic E-state index is -0.371. The van der Waals surface area contributed by atoms with Gasteiger partial charge in [-0.1, -0.05) is 29.8 Å². The minimum Gasteiger partial charge on any atom is -0.398 e. The zero-order valence-corrected chi connectivity index (χ0v) is 11.5. The molecule has 0 radical (unpaired) electrons. The fourth-order valence-electron chi connectivity index (χ4n) is 2.21. The summed E-state index contributed by atoms with van der Waals surface area (Å²) >= 11 is 0. The number of hydrogen-bond donors (Lipinski definition) is 1. The summed E-state index contributed by atoms with van der Waals surface area (Å²) in [7, 11) is 0. The van der Waals surface area contributed by atoms with Gasteiger partial charge in [0.15, 0.2) is 5.82 Å². The monoisotopic (exact) mass is 283 g/mol. The summed E-state index contributed by atoms with van der Waals surface area (Å²) in [6.07, 6.45) is 0. The molecule has 0 aliphatic carbocycles. The van der Waals surface area contributed by atoms with Crippen molar-refractivity contribution in [1.82, 2.24) is 20.2 Å². The van der Waals surface area contributed by atoms with Crippen molar-refractivity contribution >= 4 is 5.69 Å². The fraction of sp³-hybridized carbons (Fsp3) is 0.133. The predicted octanol–water partition coefficient (Wildman–Crippen LogP) is 2.42. The van der Waals surface area contributed by atoms with Gasteiger partial charge in [0.05, 0.1) is 6.54 Å². The molecule has 0 aliphatic heterocycles. The van der Waals surface area contributed by atoms with Crippen molar-refractivity contribution in [2.45, 2.75) is 13.5 Å². The molecule has 5 nitrogen and oxygen atoms in total. The van der Waals surface area contributed by atoms with Crippen molar-refractivity contribution < 1.29 is 4.39 Å². The third-order valence-corrected chi connectivity index (χ3v) is 3.20. The van der Waals surface area contributed by atoms with Crippen LogP contribution >= 0.6 is 0 Å². The molecule has 3 aromatic rings. The lowest BCUT2D eigenvalue weighted by molar-refractivity contribution is 0.627. The van der Waals surface area contributed by atoms with Crippen LogP contribution in [-0.2, 0) is 6.54 Å². The molecule has 0 aliphatic rings. The van der Waals surface area contributed by atoms with Crippen LogP contribution in [0.4, 0.5) is 10.1 Å². The number of nitrogen functional groups attached to an aromatic ring is 1. The third kappa shape index (κ3) is 2.74. The highest BCUT2D eigenvalue weighted by atomic mass is 19.1. The molecule has 3 rings (SSSR count). The second-order valence-corrected chi connectivity index (χ2v) is 4.88. The molecule has 0 saturated carbocycles. The maximum Gasteiger partial charge on any atom is 0.184 e. The molecule has 1 aromatic heterocycles. The van der Waals surface area contributed by atoms with Crippen LogP contribution in [0.3, 0.4) is 0 Å². The first-order valence-electron chi connectivity index (χ1n) is 6.50. The Morgan fingerprint density at radius 1 is 1.19 bits per heavy atom. The molecule has 0 spiro atoms. The zero-order chi connectivity index (χ0) is 14.8. The van der Waals surface area contributed by atoms with E-state index in [1.54, 1.807) is 4.68 Å². The lowest BCUT2D eigenvalue weighted by Crippen LogP contribution is -2.06. The predicted molar refractivity (Wildman–Crippen MR) is 77.9 cm³/mol. The second kappa shape index (κ2) is 5.32. The summed E-state index contributed by atoms with van der Waals surface area (Å²) in [5.41, 5.74) is 9.05. The number of aryl methyl sites for hydroxylation is 1. The van der Waals surface area contributed by atoms with Crippen LogP contribution in [-0.4, -0.2) is 20.2 Å². The van der Waals surface area contributed by atoms with Gasteiger partial charge in [0.2, 0.25) is 0 Å². The summed E-state index contributed by atoms with van der Waals surface area (Å²) < 4.78 is 15.0. The standard InChI is InChI=1S/C15H14FN5/c1-10-3-2-4-11(7-10)9-21-15(18-19-20-21)13-8-12(16)5-6-14(13)17/h2-8H,9,17H2,1H3. The van der Waals surface area contributed by atoms with E-state index in [0.717, 1.165) is 11.1 Å². The molecule has 21 heavy (non-hydrogen) atoms. The van der Waals surface area contributed by atoms with Gasteiger partial charge in [0.1, 0.15) is 5.82 Å². The molecular weight excluding hydrogens is 269 g/mol. The van der Waals surface area contributed by atoms with Gasteiger partial charge in [-0.05, 0) is 41.1 Å². The summed E-state index contributed by atoms with van der Waals surface area (Å²) in [6, 6.07) is 12.2. The maximum atomic E-state index is 13.4. The SMILES string of the molecule is Cc1cccc(Cn2nnnc2-c2cc(F)ccc2N)c1. The van der Waals surface area contributed by atoms with Crippen LogP contribution in [0.15, 0.2) is 42.5 Å². The number of nitrogens with zero attached hydrogens (tertiary/aromatic N) is 4. The lowest BCUT2D eigenvalue weighted by atomic mass is 10.1. The molecule has 0 unspecified atom stereocenters. The summed E-state index contributed by atoms with van der Waals surface area (Å²) in [6.45, 7) is 2.52. The largest absolute Gasteiger partial charge is 0.398 e. The second-order valence-electron chi connectivity index (χ2n) is 4.88. The Bertz CT molecular complexity index is 781. The first-order valence-corrected chi connectivity index (χ1v) is 6.50. The molecule has 2 aromatic carbocycles. The number of benzene rings is 2. The van der Waals surface area contributed by atoms with Crippen LogP contribution in [0.2, 0.25) is 0 Å². The van der Waals surface area contributed by atoms with Gasteiger partial charge < -0.3 is 5.73 Å². The molecule has 0 fully saturated rings. The van der Waals surface area contributed by atoms with E-state index in [0.29, 0.717) is 23.6 Å². The number of rotatable bonds is 3. The van der Waals surface area contributed by atoms with Gasteiger partial charge in [-0.2, -0.15) is 0 Å². The minimum absolute atomic E-state index is 0.371. The van der Waals surface area contributed by atoms with Crippen LogP contribution in [0.5, 0.6) is 0 Å². The van der Waals surface area contributed by atoms with E-state index < -0.39 is 0 Å². The highest BCUT2D eigenvalue weighted by Gasteiger charge is 2.13. The van der Waals surface area contributed by atoms with Crippen molar-refractivity contribution in [1.29, 1.82) is 0 Å². The van der Waals surface area contributed by atoms with Crippen LogP contribution in [0.25, 0.3) is 11.4 Å². The summed E-state index contributed by atoms with van der Waals surface area (Å²) in [5.74, 6) is 0.0813. The number of hydrogen-bond acceptors (Lipinski definition) is 4. The Labute approximate surface area is 121 Å². The molecule has 1 heterocycles. The summed E-state index contributed by atoms with van der Waals surface area (Å²) in [4.78, 5) is 0. The first kappa shape index (κ1) is 13.2. The van der Waals surface area contributed by atoms with Gasteiger partial charge in [-0.15, -0.1) is 5.10 Å². The molecule has 6 heteroatoms. The number of tetrazole rings is 1. The number of aromatic nitrogens is 4. The Morgan fingerprint density at radius 2 is 2.05 bits per heavy atom. The number of nitrogens with two attached hydrogens (primary N) is 1. The Hall–Kier alpha value is -2.76. The topological polar surface area (TPSA) is 69.6 Å². The van der Waals surface area contributed by atoms with Crippen molar-refractivity contribution in [3.05, 3.63) is 59.4 Å². The Balaban J connectivity index is 1.99. The normalized spacial score (nSPS) is 10.8. The van der Waals surface area contributed by atoms with Crippen molar-refractivity contribution in [3.63, 3.8) is 0 Å². The maximum absolute atomic E-state index is 13.4. The van der Waals surface area contributed by atoms with E-state index in [1.165, 1.54) is 18.2 Å². The zero-order valence-electron chi connectivity index (χ0n) is 11.5. The Morgan fingerprint density at radius 3 is 2.86 bits per heavy atom. The van der Waals surface area contributed by atoms with Gasteiger partial charge in [-0.25, -0.2) is 9.07 Å². The molecule has 0 saturated heterocycles. The fourth-order valence-corrected chi connectivity index (χ4v) is 2.21. The van der Waals surface area contributed by atoms with Crippen molar-refractivity contribution in [2.24, 2.45) is 0 Å². The highest BCUT2D eigenvalue weighted by Crippen LogP contribution is 2.24. The van der Waals surface area contributed by atoms with E-state index in [2.05, 4.69) is 21.6 Å². The quantitative estimate of drug-likeness (QED) is 0.749. The molecule has 0 bridgehead atoms. The smallest absolute Gasteiger partial charge is 0.184 e. The molecule has 0 amide bonds. The average Bonchev–Trinajstić information content (AvgIpc) is 2.89. The average molecular weight is 283 g/mol. The van der Waals surface area contributed by atoms with Crippen molar-refractivity contribution in [2.75, 3.05) is 5.73 Å². The van der Waals surface area contributed by atoms with Crippen LogP contribution in [0.1, 0.15) is 11.1 Å². The first-order chi connectivity index (χ1) is 10.1. The molecule has 2 N–H and O–H groups in total. The third-order valence-electron chi connectivity index (χ3n) is 3.20. The molecular formula is C15H14FN5. The van der Waals surface area contributed by atoms with E-state index in [1.807, 2.05) is 25.1 Å². The van der Waals surface area contributed by atoms with Gasteiger partial charge in [0.25, 0.3) is 0 Å². The van der Waals surface area contributed by atoms with Crippen molar-refractivity contribution in [3.8, 4) is 11.4 Å². The van der Waals surface area contributed by atoms with E-state index in [-0.39, 0.29) is 5.82 Å².